The van der Waals surface area contributed by atoms with Gasteiger partial charge >= 0.3 is 0 Å². The highest BCUT2D eigenvalue weighted by Gasteiger charge is 2.21. The van der Waals surface area contributed by atoms with Gasteiger partial charge in [0.15, 0.2) is 5.78 Å². The predicted octanol–water partition coefficient (Wildman–Crippen LogP) is 3.30. The fraction of sp³-hybridized carbons (Fsp3) is 0.267. The maximum Gasteiger partial charge on any atom is 0.191 e. The number of benzene rings is 1. The van der Waals surface area contributed by atoms with Crippen molar-refractivity contribution in [2.24, 2.45) is 0 Å². The zero-order valence-electron chi connectivity index (χ0n) is 10.3. The number of nitrogens with zero attached hydrogens (tertiary/aromatic N) is 1. The summed E-state index contributed by atoms with van der Waals surface area (Å²) >= 11 is 1.58. The summed E-state index contributed by atoms with van der Waals surface area (Å²) in [5.41, 5.74) is 2.58. The predicted molar refractivity (Wildman–Crippen MR) is 75.7 cm³/mol. The van der Waals surface area contributed by atoms with Crippen LogP contribution in [0.1, 0.15) is 20.1 Å². The quantitative estimate of drug-likeness (QED) is 0.786. The van der Waals surface area contributed by atoms with Crippen LogP contribution in [0.5, 0.6) is 0 Å². The van der Waals surface area contributed by atoms with Gasteiger partial charge in [0.2, 0.25) is 0 Å². The molecule has 2 aromatic rings. The molecule has 2 nitrogen and oxygen atoms in total. The highest BCUT2D eigenvalue weighted by Crippen LogP contribution is 2.27. The Morgan fingerprint density at radius 1 is 1.28 bits per heavy atom. The van der Waals surface area contributed by atoms with Crippen LogP contribution < -0.4 is 4.90 Å². The first kappa shape index (κ1) is 11.5. The molecular formula is C15H15NOS. The molecule has 92 valence electrons. The molecule has 3 heteroatoms. The lowest BCUT2D eigenvalue weighted by Crippen LogP contribution is -2.27. The van der Waals surface area contributed by atoms with Crippen molar-refractivity contribution >= 4 is 22.8 Å². The van der Waals surface area contributed by atoms with E-state index in [-0.39, 0.29) is 5.78 Å². The van der Waals surface area contributed by atoms with E-state index in [1.807, 2.05) is 25.1 Å². The third kappa shape index (κ3) is 2.06. The molecule has 1 aliphatic rings. The van der Waals surface area contributed by atoms with Crippen molar-refractivity contribution in [1.82, 2.24) is 0 Å². The van der Waals surface area contributed by atoms with Crippen LogP contribution in [0.3, 0.4) is 0 Å². The Morgan fingerprint density at radius 3 is 2.89 bits per heavy atom. The van der Waals surface area contributed by atoms with E-state index < -0.39 is 0 Å². The minimum atomic E-state index is 0.227. The normalized spacial score (nSPS) is 13.7. The molecule has 0 fully saturated rings. The summed E-state index contributed by atoms with van der Waals surface area (Å²) in [5, 5.41) is 0. The Kier molecular flexibility index (Phi) is 2.92. The number of fused-ring (bicyclic) bond motifs is 1. The van der Waals surface area contributed by atoms with Gasteiger partial charge < -0.3 is 4.90 Å². The summed E-state index contributed by atoms with van der Waals surface area (Å²) in [6.07, 6.45) is 1.05. The van der Waals surface area contributed by atoms with Crippen molar-refractivity contribution in [2.45, 2.75) is 13.3 Å². The molecule has 0 radical (unpaired) electrons. The van der Waals surface area contributed by atoms with E-state index in [2.05, 4.69) is 23.1 Å². The van der Waals surface area contributed by atoms with Gasteiger partial charge in [0.1, 0.15) is 0 Å². The van der Waals surface area contributed by atoms with Gasteiger partial charge in [-0.2, -0.15) is 0 Å². The Bertz CT molecular complexity index is 588. The highest BCUT2D eigenvalue weighted by molar-refractivity contribution is 7.14. The first-order chi connectivity index (χ1) is 8.74. The molecule has 0 unspecified atom stereocenters. The van der Waals surface area contributed by atoms with E-state index in [0.717, 1.165) is 17.8 Å². The topological polar surface area (TPSA) is 20.3 Å². The number of anilines is 1. The lowest BCUT2D eigenvalue weighted by molar-refractivity contribution is 0.100. The number of para-hydroxylation sites is 1. The average molecular weight is 257 g/mol. The molecule has 2 heterocycles. The van der Waals surface area contributed by atoms with E-state index in [1.165, 1.54) is 16.1 Å². The minimum Gasteiger partial charge on any atom is -0.363 e. The van der Waals surface area contributed by atoms with Crippen LogP contribution in [0, 0.1) is 6.92 Å². The molecule has 1 aliphatic heterocycles. The maximum absolute atomic E-state index is 12.2. The van der Waals surface area contributed by atoms with E-state index in [4.69, 9.17) is 0 Å². The number of thiophene rings is 1. The Hall–Kier alpha value is -1.61. The fourth-order valence-corrected chi connectivity index (χ4v) is 3.20. The second-order valence-electron chi connectivity index (χ2n) is 4.63. The molecule has 0 saturated heterocycles. The molecular weight excluding hydrogens is 242 g/mol. The smallest absolute Gasteiger partial charge is 0.191 e. The lowest BCUT2D eigenvalue weighted by Gasteiger charge is -2.17. The molecule has 0 saturated carbocycles. The molecule has 0 amide bonds. The van der Waals surface area contributed by atoms with Crippen molar-refractivity contribution < 1.29 is 4.79 Å². The Morgan fingerprint density at radius 2 is 2.11 bits per heavy atom. The number of ketones is 1. The van der Waals surface area contributed by atoms with Crippen molar-refractivity contribution in [3.8, 4) is 0 Å². The molecule has 3 rings (SSSR count). The molecule has 0 spiro atoms. The van der Waals surface area contributed by atoms with Gasteiger partial charge in [0.05, 0.1) is 11.4 Å². The Labute approximate surface area is 111 Å². The number of carbonyl (C=O) groups is 1. The minimum absolute atomic E-state index is 0.227. The van der Waals surface area contributed by atoms with Gasteiger partial charge in [0.25, 0.3) is 0 Å². The second-order valence-corrected chi connectivity index (χ2v) is 5.92. The summed E-state index contributed by atoms with van der Waals surface area (Å²) in [6, 6.07) is 12.3. The first-order valence-corrected chi connectivity index (χ1v) is 6.98. The third-order valence-corrected chi connectivity index (χ3v) is 4.37. The summed E-state index contributed by atoms with van der Waals surface area (Å²) < 4.78 is 0. The molecule has 0 atom stereocenters. The third-order valence-electron chi connectivity index (χ3n) is 3.33. The van der Waals surface area contributed by atoms with Gasteiger partial charge in [0, 0.05) is 17.1 Å². The molecule has 0 aliphatic carbocycles. The van der Waals surface area contributed by atoms with Crippen LogP contribution in [0.4, 0.5) is 5.69 Å². The van der Waals surface area contributed by atoms with Crippen LogP contribution >= 0.6 is 11.3 Å². The summed E-state index contributed by atoms with van der Waals surface area (Å²) in [7, 11) is 0. The summed E-state index contributed by atoms with van der Waals surface area (Å²) in [6.45, 7) is 3.49. The SMILES string of the molecule is Cc1ccc(C(=O)CN2CCc3ccccc32)s1. The number of carbonyl (C=O) groups excluding carboxylic acids is 1. The first-order valence-electron chi connectivity index (χ1n) is 6.16. The van der Waals surface area contributed by atoms with Crippen LogP contribution in [-0.4, -0.2) is 18.9 Å². The van der Waals surface area contributed by atoms with Crippen LogP contribution in [0.25, 0.3) is 0 Å². The van der Waals surface area contributed by atoms with Gasteiger partial charge in [-0.25, -0.2) is 0 Å². The van der Waals surface area contributed by atoms with Gasteiger partial charge in [-0.05, 0) is 37.1 Å². The van der Waals surface area contributed by atoms with Crippen molar-refractivity contribution in [3.05, 3.63) is 51.7 Å². The van der Waals surface area contributed by atoms with Crippen molar-refractivity contribution in [3.63, 3.8) is 0 Å². The molecule has 0 bridgehead atoms. The van der Waals surface area contributed by atoms with Crippen LogP contribution in [0.2, 0.25) is 0 Å². The van der Waals surface area contributed by atoms with Gasteiger partial charge in [-0.3, -0.25) is 4.79 Å². The zero-order valence-corrected chi connectivity index (χ0v) is 11.2. The van der Waals surface area contributed by atoms with Crippen LogP contribution in [0.15, 0.2) is 36.4 Å². The van der Waals surface area contributed by atoms with Crippen molar-refractivity contribution in [2.75, 3.05) is 18.0 Å². The molecule has 18 heavy (non-hydrogen) atoms. The standard InChI is InChI=1S/C15H15NOS/c1-11-6-7-15(18-11)14(17)10-16-9-8-12-4-2-3-5-13(12)16/h2-7H,8-10H2,1H3. The zero-order chi connectivity index (χ0) is 12.5. The van der Waals surface area contributed by atoms with Gasteiger partial charge in [-0.1, -0.05) is 18.2 Å². The van der Waals surface area contributed by atoms with Crippen LogP contribution in [-0.2, 0) is 6.42 Å². The average Bonchev–Trinajstić information content (AvgIpc) is 2.97. The number of hydrogen-bond acceptors (Lipinski definition) is 3. The molecule has 1 aromatic carbocycles. The number of aryl methyl sites for hydroxylation is 1. The number of hydrogen-bond donors (Lipinski definition) is 0. The largest absolute Gasteiger partial charge is 0.363 e. The fourth-order valence-electron chi connectivity index (χ4n) is 2.41. The van der Waals surface area contributed by atoms with Crippen molar-refractivity contribution in [1.29, 1.82) is 0 Å². The maximum atomic E-state index is 12.2. The number of Topliss-reactive ketones (excluding diaryl/α,β-unsaturated/α-hetero) is 1. The van der Waals surface area contributed by atoms with E-state index in [1.54, 1.807) is 11.3 Å². The summed E-state index contributed by atoms with van der Waals surface area (Å²) in [4.78, 5) is 16.4. The highest BCUT2D eigenvalue weighted by atomic mass is 32.1. The lowest BCUT2D eigenvalue weighted by atomic mass is 10.2. The van der Waals surface area contributed by atoms with E-state index >= 15 is 0 Å². The second kappa shape index (κ2) is 4.58. The molecule has 0 N–H and O–H groups in total. The van der Waals surface area contributed by atoms with E-state index in [9.17, 15) is 4.79 Å². The Balaban J connectivity index is 1.77. The van der Waals surface area contributed by atoms with Gasteiger partial charge in [-0.15, -0.1) is 11.3 Å². The number of rotatable bonds is 3. The van der Waals surface area contributed by atoms with E-state index in [0.29, 0.717) is 6.54 Å². The molecule has 1 aromatic heterocycles. The summed E-state index contributed by atoms with van der Waals surface area (Å²) in [5.74, 6) is 0.227. The monoisotopic (exact) mass is 257 g/mol.